The Morgan fingerprint density at radius 1 is 1.33 bits per heavy atom. The molecule has 2 heteroatoms. The van der Waals surface area contributed by atoms with Crippen molar-refractivity contribution in [1.29, 1.82) is 0 Å². The van der Waals surface area contributed by atoms with Crippen molar-refractivity contribution in [2.45, 2.75) is 32.3 Å². The molecule has 0 spiro atoms. The molecular formula is C7H14B2. The minimum atomic E-state index is 0.704. The van der Waals surface area contributed by atoms with Crippen molar-refractivity contribution in [3.63, 3.8) is 0 Å². The lowest BCUT2D eigenvalue weighted by molar-refractivity contribution is 1.04. The van der Waals surface area contributed by atoms with Gasteiger partial charge in [0.1, 0.15) is 7.28 Å². The summed E-state index contributed by atoms with van der Waals surface area (Å²) in [7, 11) is 2.18. The molecule has 1 atom stereocenters. The van der Waals surface area contributed by atoms with Crippen LogP contribution in [0.1, 0.15) is 20.8 Å². The highest BCUT2D eigenvalue weighted by molar-refractivity contribution is 6.64. The van der Waals surface area contributed by atoms with E-state index in [0.29, 0.717) is 5.72 Å². The molecule has 0 heterocycles. The molecule has 0 saturated heterocycles. The van der Waals surface area contributed by atoms with Crippen LogP contribution in [0.4, 0.5) is 0 Å². The van der Waals surface area contributed by atoms with Crippen LogP contribution in [-0.2, 0) is 0 Å². The van der Waals surface area contributed by atoms with Gasteiger partial charge in [0.15, 0.2) is 0 Å². The summed E-state index contributed by atoms with van der Waals surface area (Å²) >= 11 is 0. The third-order valence-electron chi connectivity index (χ3n) is 1.34. The molecule has 0 aromatic carbocycles. The second-order valence-electron chi connectivity index (χ2n) is 3.14. The van der Waals surface area contributed by atoms with E-state index >= 15 is 0 Å². The summed E-state index contributed by atoms with van der Waals surface area (Å²) in [5.74, 6) is 3.46. The normalized spacial score (nSPS) is 12.3. The Morgan fingerprint density at radius 3 is 2.22 bits per heavy atom. The Kier molecular flexibility index (Phi) is 4.40. The molecule has 9 heavy (non-hydrogen) atoms. The van der Waals surface area contributed by atoms with Gasteiger partial charge in [-0.3, -0.25) is 0 Å². The van der Waals surface area contributed by atoms with E-state index in [-0.39, 0.29) is 0 Å². The van der Waals surface area contributed by atoms with Crippen LogP contribution in [-0.4, -0.2) is 14.6 Å². The molecule has 1 unspecified atom stereocenters. The van der Waals surface area contributed by atoms with E-state index in [1.807, 2.05) is 0 Å². The lowest BCUT2D eigenvalue weighted by Gasteiger charge is -2.05. The van der Waals surface area contributed by atoms with E-state index in [1.54, 1.807) is 0 Å². The molecule has 0 nitrogen and oxygen atoms in total. The van der Waals surface area contributed by atoms with Crippen molar-refractivity contribution >= 4 is 14.6 Å². The van der Waals surface area contributed by atoms with Gasteiger partial charge in [0.25, 0.3) is 0 Å². The molecule has 0 bridgehead atoms. The summed E-state index contributed by atoms with van der Waals surface area (Å²) in [5.41, 5.74) is 0.704. The van der Waals surface area contributed by atoms with Gasteiger partial charge in [-0.1, -0.05) is 32.3 Å². The SMILES string of the molecule is C#CBC(C)BC(C)C. The Labute approximate surface area is 59.9 Å². The fraction of sp³-hybridized carbons (Fsp3) is 0.714. The van der Waals surface area contributed by atoms with Crippen LogP contribution in [0, 0.1) is 12.2 Å². The van der Waals surface area contributed by atoms with Crippen LogP contribution in [0.3, 0.4) is 0 Å². The maximum Gasteiger partial charge on any atom is 0.208 e. The highest BCUT2D eigenvalue weighted by Gasteiger charge is 2.05. The van der Waals surface area contributed by atoms with Gasteiger partial charge in [-0.15, -0.1) is 6.42 Å². The number of rotatable bonds is 3. The molecule has 0 radical (unpaired) electrons. The second-order valence-corrected chi connectivity index (χ2v) is 3.14. The third-order valence-corrected chi connectivity index (χ3v) is 1.34. The fourth-order valence-electron chi connectivity index (χ4n) is 1.09. The van der Waals surface area contributed by atoms with Gasteiger partial charge < -0.3 is 0 Å². The molecule has 0 aromatic rings. The van der Waals surface area contributed by atoms with Crippen molar-refractivity contribution in [3.05, 3.63) is 0 Å². The van der Waals surface area contributed by atoms with Gasteiger partial charge >= 0.3 is 0 Å². The largest absolute Gasteiger partial charge is 0.208 e. The van der Waals surface area contributed by atoms with Gasteiger partial charge in [0.05, 0.1) is 0 Å². The third kappa shape index (κ3) is 5.56. The molecule has 48 valence electrons. The van der Waals surface area contributed by atoms with Crippen molar-refractivity contribution in [3.8, 4) is 12.2 Å². The van der Waals surface area contributed by atoms with Gasteiger partial charge in [0.2, 0.25) is 7.28 Å². The van der Waals surface area contributed by atoms with E-state index in [9.17, 15) is 0 Å². The van der Waals surface area contributed by atoms with Crippen LogP contribution >= 0.6 is 0 Å². The van der Waals surface area contributed by atoms with E-state index in [4.69, 9.17) is 6.42 Å². The topological polar surface area (TPSA) is 0 Å². The predicted octanol–water partition coefficient (Wildman–Crippen LogP) is 1.04. The van der Waals surface area contributed by atoms with Gasteiger partial charge in [-0.25, -0.2) is 0 Å². The van der Waals surface area contributed by atoms with Gasteiger partial charge in [-0.2, -0.15) is 5.82 Å². The average molecular weight is 120 g/mol. The maximum absolute atomic E-state index is 5.16. The molecule has 0 rings (SSSR count). The molecule has 0 N–H and O–H groups in total. The van der Waals surface area contributed by atoms with Crippen LogP contribution in [0.25, 0.3) is 0 Å². The first-order valence-electron chi connectivity index (χ1n) is 3.60. The quantitative estimate of drug-likeness (QED) is 0.385. The molecule has 0 aliphatic rings. The van der Waals surface area contributed by atoms with E-state index in [1.165, 1.54) is 7.28 Å². The standard InChI is InChI=1S/C7H14B2/c1-5-8-7(4)9-6(2)3/h1,6-9H,2-4H3. The minimum absolute atomic E-state index is 0.704. The van der Waals surface area contributed by atoms with E-state index in [0.717, 1.165) is 13.1 Å². The summed E-state index contributed by atoms with van der Waals surface area (Å²) in [6.07, 6.45) is 5.16. The van der Waals surface area contributed by atoms with Crippen molar-refractivity contribution in [2.75, 3.05) is 0 Å². The highest BCUT2D eigenvalue weighted by Crippen LogP contribution is 2.07. The van der Waals surface area contributed by atoms with Crippen molar-refractivity contribution in [2.24, 2.45) is 0 Å². The first-order chi connectivity index (χ1) is 4.16. The number of hydrogen-bond donors (Lipinski definition) is 0. The van der Waals surface area contributed by atoms with Gasteiger partial charge in [0, 0.05) is 0 Å². The molecule has 0 aliphatic carbocycles. The van der Waals surface area contributed by atoms with Crippen molar-refractivity contribution < 1.29 is 0 Å². The zero-order valence-corrected chi connectivity index (χ0v) is 6.65. The van der Waals surface area contributed by atoms with Gasteiger partial charge in [-0.05, 0) is 0 Å². The Morgan fingerprint density at radius 2 is 1.89 bits per heavy atom. The Bertz CT molecular complexity index is 102. The maximum atomic E-state index is 5.16. The summed E-state index contributed by atoms with van der Waals surface area (Å²) in [4.78, 5) is 0. The highest BCUT2D eigenvalue weighted by atomic mass is 13.8. The Balaban J connectivity index is 3.29. The Hall–Kier alpha value is -0.310. The lowest BCUT2D eigenvalue weighted by atomic mass is 9.42. The fourth-order valence-corrected chi connectivity index (χ4v) is 1.09. The summed E-state index contributed by atoms with van der Waals surface area (Å²) < 4.78 is 0. The molecule has 0 amide bonds. The zero-order valence-electron chi connectivity index (χ0n) is 6.65. The summed E-state index contributed by atoms with van der Waals surface area (Å²) in [6, 6.07) is 0. The monoisotopic (exact) mass is 120 g/mol. The van der Waals surface area contributed by atoms with Crippen LogP contribution in [0.5, 0.6) is 0 Å². The smallest absolute Gasteiger partial charge is 0.164 e. The molecule has 0 aliphatic heterocycles. The zero-order chi connectivity index (χ0) is 7.28. The molecule has 0 aromatic heterocycles. The summed E-state index contributed by atoms with van der Waals surface area (Å²) in [6.45, 7) is 6.67. The predicted molar refractivity (Wildman–Crippen MR) is 47.7 cm³/mol. The number of hydrogen-bond acceptors (Lipinski definition) is 0. The minimum Gasteiger partial charge on any atom is -0.164 e. The van der Waals surface area contributed by atoms with E-state index in [2.05, 4.69) is 26.6 Å². The molecule has 0 saturated carbocycles. The summed E-state index contributed by atoms with van der Waals surface area (Å²) in [5, 5.41) is 0. The second kappa shape index (κ2) is 4.56. The first kappa shape index (κ1) is 8.69. The molecule has 0 fully saturated rings. The molecular weight excluding hydrogens is 106 g/mol. The van der Waals surface area contributed by atoms with Crippen molar-refractivity contribution in [1.82, 2.24) is 0 Å². The average Bonchev–Trinajstić information content (AvgIpc) is 1.63. The van der Waals surface area contributed by atoms with Crippen LogP contribution in [0.2, 0.25) is 11.5 Å². The lowest BCUT2D eigenvalue weighted by Crippen LogP contribution is -2.08. The number of terminal acetylenes is 1. The van der Waals surface area contributed by atoms with Crippen LogP contribution in [0.15, 0.2) is 0 Å². The van der Waals surface area contributed by atoms with Crippen LogP contribution < -0.4 is 0 Å². The first-order valence-corrected chi connectivity index (χ1v) is 3.60. The van der Waals surface area contributed by atoms with E-state index < -0.39 is 0 Å².